The van der Waals surface area contributed by atoms with E-state index in [1.807, 2.05) is 6.07 Å². The van der Waals surface area contributed by atoms with Crippen LogP contribution in [0.3, 0.4) is 0 Å². The van der Waals surface area contributed by atoms with E-state index in [-0.39, 0.29) is 0 Å². The van der Waals surface area contributed by atoms with E-state index in [1.165, 1.54) is 30.6 Å². The van der Waals surface area contributed by atoms with Gasteiger partial charge in [-0.1, -0.05) is 12.5 Å². The van der Waals surface area contributed by atoms with Crippen LogP contribution in [0.4, 0.5) is 0 Å². The topological polar surface area (TPSA) is 30.2 Å². The molecule has 1 unspecified atom stereocenters. The molecule has 0 aromatic carbocycles. The van der Waals surface area contributed by atoms with Gasteiger partial charge in [-0.05, 0) is 37.1 Å². The summed E-state index contributed by atoms with van der Waals surface area (Å²) in [7, 11) is 0. The number of pyridine rings is 1. The number of aromatic nitrogens is 3. The molecular formula is C13H17N3S. The first kappa shape index (κ1) is 11.1. The molecule has 0 amide bonds. The summed E-state index contributed by atoms with van der Waals surface area (Å²) >= 11 is 2.09. The molecule has 0 aliphatic carbocycles. The Morgan fingerprint density at radius 3 is 3.12 bits per heavy atom. The minimum atomic E-state index is 0.733. The molecule has 1 atom stereocenters. The van der Waals surface area contributed by atoms with Crippen LogP contribution in [-0.4, -0.2) is 25.6 Å². The van der Waals surface area contributed by atoms with E-state index >= 15 is 0 Å². The van der Waals surface area contributed by atoms with Crippen LogP contribution in [0.1, 0.15) is 30.7 Å². The monoisotopic (exact) mass is 247 g/mol. The molecule has 1 aliphatic rings. The zero-order chi connectivity index (χ0) is 11.7. The SMILES string of the molecule is Cc1ccc2nnc(CC3CCCCS3)n2c1. The van der Waals surface area contributed by atoms with Crippen LogP contribution in [0.15, 0.2) is 18.3 Å². The lowest BCUT2D eigenvalue weighted by Gasteiger charge is -2.20. The Morgan fingerprint density at radius 1 is 1.35 bits per heavy atom. The third-order valence-electron chi connectivity index (χ3n) is 3.31. The van der Waals surface area contributed by atoms with Gasteiger partial charge < -0.3 is 0 Å². The van der Waals surface area contributed by atoms with Crippen molar-refractivity contribution in [1.29, 1.82) is 0 Å². The maximum atomic E-state index is 4.33. The molecular weight excluding hydrogens is 230 g/mol. The van der Waals surface area contributed by atoms with Crippen molar-refractivity contribution in [1.82, 2.24) is 14.6 Å². The van der Waals surface area contributed by atoms with Gasteiger partial charge in [0, 0.05) is 17.9 Å². The second-order valence-corrected chi connectivity index (χ2v) is 6.15. The maximum absolute atomic E-state index is 4.33. The van der Waals surface area contributed by atoms with E-state index in [4.69, 9.17) is 0 Å². The molecule has 0 spiro atoms. The van der Waals surface area contributed by atoms with E-state index < -0.39 is 0 Å². The van der Waals surface area contributed by atoms with Gasteiger partial charge in [0.15, 0.2) is 5.65 Å². The Kier molecular flexibility index (Phi) is 3.05. The quantitative estimate of drug-likeness (QED) is 0.817. The van der Waals surface area contributed by atoms with Gasteiger partial charge in [0.25, 0.3) is 0 Å². The second kappa shape index (κ2) is 4.69. The third-order valence-corrected chi connectivity index (χ3v) is 4.70. The zero-order valence-corrected chi connectivity index (χ0v) is 10.9. The van der Waals surface area contributed by atoms with Crippen molar-refractivity contribution in [3.05, 3.63) is 29.7 Å². The summed E-state index contributed by atoms with van der Waals surface area (Å²) in [5, 5.41) is 9.29. The lowest BCUT2D eigenvalue weighted by atomic mass is 10.1. The first-order chi connectivity index (χ1) is 8.33. The largest absolute Gasteiger partial charge is 0.286 e. The van der Waals surface area contributed by atoms with Crippen LogP contribution < -0.4 is 0 Å². The number of aryl methyl sites for hydroxylation is 1. The molecule has 1 saturated heterocycles. The highest BCUT2D eigenvalue weighted by Crippen LogP contribution is 2.27. The fourth-order valence-corrected chi connectivity index (χ4v) is 3.66. The van der Waals surface area contributed by atoms with Gasteiger partial charge in [0.05, 0.1) is 0 Å². The summed E-state index contributed by atoms with van der Waals surface area (Å²) in [6, 6.07) is 4.13. The van der Waals surface area contributed by atoms with Crippen LogP contribution in [0.2, 0.25) is 0 Å². The Morgan fingerprint density at radius 2 is 2.29 bits per heavy atom. The van der Waals surface area contributed by atoms with E-state index in [1.54, 1.807) is 0 Å². The number of nitrogens with zero attached hydrogens (tertiary/aromatic N) is 3. The van der Waals surface area contributed by atoms with Crippen LogP contribution in [0.25, 0.3) is 5.65 Å². The van der Waals surface area contributed by atoms with Gasteiger partial charge in [-0.2, -0.15) is 11.8 Å². The highest BCUT2D eigenvalue weighted by molar-refractivity contribution is 7.99. The van der Waals surface area contributed by atoms with Gasteiger partial charge in [0.2, 0.25) is 0 Å². The fraction of sp³-hybridized carbons (Fsp3) is 0.538. The van der Waals surface area contributed by atoms with Gasteiger partial charge in [0.1, 0.15) is 5.82 Å². The van der Waals surface area contributed by atoms with E-state index in [0.717, 1.165) is 23.1 Å². The highest BCUT2D eigenvalue weighted by Gasteiger charge is 2.17. The normalized spacial score (nSPS) is 20.9. The number of hydrogen-bond donors (Lipinski definition) is 0. The predicted molar refractivity (Wildman–Crippen MR) is 71.5 cm³/mol. The van der Waals surface area contributed by atoms with Crippen LogP contribution in [0, 0.1) is 6.92 Å². The lowest BCUT2D eigenvalue weighted by molar-refractivity contribution is 0.644. The second-order valence-electron chi connectivity index (χ2n) is 4.74. The molecule has 3 heterocycles. The van der Waals surface area contributed by atoms with Crippen molar-refractivity contribution in [2.45, 2.75) is 37.9 Å². The molecule has 4 heteroatoms. The zero-order valence-electron chi connectivity index (χ0n) is 10.1. The van der Waals surface area contributed by atoms with Crippen molar-refractivity contribution in [2.24, 2.45) is 0 Å². The summed E-state index contributed by atoms with van der Waals surface area (Å²) in [5.41, 5.74) is 2.22. The van der Waals surface area contributed by atoms with Crippen LogP contribution in [0.5, 0.6) is 0 Å². The van der Waals surface area contributed by atoms with Crippen molar-refractivity contribution in [3.63, 3.8) is 0 Å². The minimum absolute atomic E-state index is 0.733. The maximum Gasteiger partial charge on any atom is 0.160 e. The molecule has 1 fully saturated rings. The molecule has 3 rings (SSSR count). The summed E-state index contributed by atoms with van der Waals surface area (Å²) < 4.78 is 2.14. The number of thioether (sulfide) groups is 1. The Balaban J connectivity index is 1.86. The summed E-state index contributed by atoms with van der Waals surface area (Å²) in [4.78, 5) is 0. The van der Waals surface area contributed by atoms with Crippen molar-refractivity contribution < 1.29 is 0 Å². The minimum Gasteiger partial charge on any atom is -0.286 e. The summed E-state index contributed by atoms with van der Waals surface area (Å²) in [6.45, 7) is 2.11. The van der Waals surface area contributed by atoms with Crippen molar-refractivity contribution in [2.75, 3.05) is 5.75 Å². The van der Waals surface area contributed by atoms with Gasteiger partial charge in [-0.3, -0.25) is 4.40 Å². The first-order valence-corrected chi connectivity index (χ1v) is 7.30. The first-order valence-electron chi connectivity index (χ1n) is 6.25. The molecule has 0 bridgehead atoms. The average Bonchev–Trinajstić information content (AvgIpc) is 2.73. The van der Waals surface area contributed by atoms with Crippen LogP contribution in [-0.2, 0) is 6.42 Å². The Labute approximate surface area is 106 Å². The van der Waals surface area contributed by atoms with Crippen molar-refractivity contribution in [3.8, 4) is 0 Å². The molecule has 17 heavy (non-hydrogen) atoms. The molecule has 0 saturated carbocycles. The Bertz CT molecular complexity index is 514. The lowest BCUT2D eigenvalue weighted by Crippen LogP contribution is -2.14. The molecule has 1 aliphatic heterocycles. The molecule has 2 aromatic rings. The average molecular weight is 247 g/mol. The standard InChI is InChI=1S/C13H17N3S/c1-10-5-6-12-14-15-13(16(12)9-10)8-11-4-2-3-7-17-11/h5-6,9,11H,2-4,7-8H2,1H3. The van der Waals surface area contributed by atoms with E-state index in [9.17, 15) is 0 Å². The molecule has 0 N–H and O–H groups in total. The van der Waals surface area contributed by atoms with Gasteiger partial charge in [-0.15, -0.1) is 10.2 Å². The number of rotatable bonds is 2. The van der Waals surface area contributed by atoms with Gasteiger partial charge >= 0.3 is 0 Å². The highest BCUT2D eigenvalue weighted by atomic mass is 32.2. The molecule has 2 aromatic heterocycles. The van der Waals surface area contributed by atoms with E-state index in [0.29, 0.717) is 0 Å². The smallest absolute Gasteiger partial charge is 0.160 e. The van der Waals surface area contributed by atoms with E-state index in [2.05, 4.69) is 45.5 Å². The molecule has 0 radical (unpaired) electrons. The molecule has 90 valence electrons. The molecule has 3 nitrogen and oxygen atoms in total. The Hall–Kier alpha value is -1.03. The predicted octanol–water partition coefficient (Wildman–Crippen LogP) is 2.87. The summed E-state index contributed by atoms with van der Waals surface area (Å²) in [6.07, 6.45) is 7.26. The fourth-order valence-electron chi connectivity index (χ4n) is 2.36. The number of fused-ring (bicyclic) bond motifs is 1. The third kappa shape index (κ3) is 2.32. The van der Waals surface area contributed by atoms with Gasteiger partial charge in [-0.25, -0.2) is 0 Å². The summed E-state index contributed by atoms with van der Waals surface area (Å²) in [5.74, 6) is 2.42. The number of hydrogen-bond acceptors (Lipinski definition) is 3. The van der Waals surface area contributed by atoms with Crippen molar-refractivity contribution >= 4 is 17.4 Å². The van der Waals surface area contributed by atoms with Crippen LogP contribution >= 0.6 is 11.8 Å².